The number of nitrogens with two attached hydrogens (primary N) is 1. The number of hydrogen-bond donors (Lipinski definition) is 3. The second-order valence-electron chi connectivity index (χ2n) is 5.60. The first-order valence-electron chi connectivity index (χ1n) is 7.67. The summed E-state index contributed by atoms with van der Waals surface area (Å²) in [5.41, 5.74) is 4.51. The molecule has 2 rings (SSSR count). The van der Waals surface area contributed by atoms with E-state index in [4.69, 9.17) is 10.5 Å². The zero-order valence-electron chi connectivity index (χ0n) is 14.1. The summed E-state index contributed by atoms with van der Waals surface area (Å²) in [6.45, 7) is 1.22. The van der Waals surface area contributed by atoms with E-state index in [9.17, 15) is 27.9 Å². The van der Waals surface area contributed by atoms with Crippen LogP contribution >= 0.6 is 0 Å². The van der Waals surface area contributed by atoms with E-state index >= 15 is 0 Å². The molecule has 1 atom stereocenters. The lowest BCUT2D eigenvalue weighted by atomic mass is 10.1. The minimum Gasteiger partial charge on any atom is -0.503 e. The normalized spacial score (nSPS) is 12.3. The summed E-state index contributed by atoms with van der Waals surface area (Å²) in [7, 11) is 0. The minimum absolute atomic E-state index is 0.122. The first-order valence-corrected chi connectivity index (χ1v) is 7.67. The van der Waals surface area contributed by atoms with Gasteiger partial charge in [0.05, 0.1) is 11.6 Å². The van der Waals surface area contributed by atoms with Crippen molar-refractivity contribution >= 4 is 11.8 Å². The van der Waals surface area contributed by atoms with Crippen molar-refractivity contribution in [2.75, 3.05) is 0 Å². The number of hydrogen-bond acceptors (Lipinski definition) is 6. The molecule has 2 aromatic rings. The summed E-state index contributed by atoms with van der Waals surface area (Å²) in [6.07, 6.45) is -3.27. The smallest absolute Gasteiger partial charge is 0.416 e. The number of alkyl halides is 3. The van der Waals surface area contributed by atoms with Crippen LogP contribution in [-0.2, 0) is 17.6 Å². The van der Waals surface area contributed by atoms with Crippen LogP contribution < -0.4 is 15.8 Å². The molecule has 0 aliphatic heterocycles. The van der Waals surface area contributed by atoms with Gasteiger partial charge in [-0.05, 0) is 24.6 Å². The minimum atomic E-state index is -4.44. The molecule has 1 aromatic heterocycles. The van der Waals surface area contributed by atoms with Crippen LogP contribution in [0.2, 0.25) is 0 Å². The topological polar surface area (TPSA) is 115 Å². The molecule has 0 fully saturated rings. The van der Waals surface area contributed by atoms with Crippen LogP contribution in [0.5, 0.6) is 11.5 Å². The van der Waals surface area contributed by atoms with E-state index in [1.165, 1.54) is 31.3 Å². The summed E-state index contributed by atoms with van der Waals surface area (Å²) < 4.78 is 43.0. The Hall–Kier alpha value is -3.14. The Balaban J connectivity index is 2.09. The molecular formula is C17H16F3N3O4. The lowest BCUT2D eigenvalue weighted by Gasteiger charge is -2.12. The standard InChI is InChI=1S/C17H16F3N3O4/c1-9(21)15(25)23-16(26)13-14(24)12(6-7-22-13)27-8-10-2-4-11(5-3-10)17(18,19)20/h2-7,9,24H,8,21H2,1H3,(H,23,25,26)/t9-/m0/s1. The van der Waals surface area contributed by atoms with Crippen molar-refractivity contribution < 1.29 is 32.6 Å². The van der Waals surface area contributed by atoms with Gasteiger partial charge in [0.15, 0.2) is 17.2 Å². The van der Waals surface area contributed by atoms with Crippen molar-refractivity contribution in [3.05, 3.63) is 53.3 Å². The number of ether oxygens (including phenoxy) is 1. The maximum Gasteiger partial charge on any atom is 0.416 e. The lowest BCUT2D eigenvalue weighted by Crippen LogP contribution is -2.41. The highest BCUT2D eigenvalue weighted by Gasteiger charge is 2.30. The molecule has 2 amide bonds. The Bertz CT molecular complexity index is 836. The van der Waals surface area contributed by atoms with Crippen LogP contribution in [0.4, 0.5) is 13.2 Å². The number of carbonyl (C=O) groups excluding carboxylic acids is 2. The zero-order valence-corrected chi connectivity index (χ0v) is 14.1. The number of imide groups is 1. The SMILES string of the molecule is C[C@H](N)C(=O)NC(=O)c1nccc(OCc2ccc(C(F)(F)F)cc2)c1O. The molecule has 0 aliphatic carbocycles. The van der Waals surface area contributed by atoms with Crippen LogP contribution in [0.3, 0.4) is 0 Å². The number of nitrogens with one attached hydrogen (secondary N) is 1. The fourth-order valence-corrected chi connectivity index (χ4v) is 1.95. The van der Waals surface area contributed by atoms with E-state index in [-0.39, 0.29) is 12.4 Å². The van der Waals surface area contributed by atoms with Crippen molar-refractivity contribution in [2.24, 2.45) is 5.73 Å². The first-order chi connectivity index (χ1) is 12.6. The number of benzene rings is 1. The highest BCUT2D eigenvalue weighted by atomic mass is 19.4. The second-order valence-corrected chi connectivity index (χ2v) is 5.60. The number of carbonyl (C=O) groups is 2. The molecule has 0 spiro atoms. The molecule has 0 unspecified atom stereocenters. The Morgan fingerprint density at radius 1 is 1.26 bits per heavy atom. The maximum absolute atomic E-state index is 12.5. The van der Waals surface area contributed by atoms with Gasteiger partial charge in [0.2, 0.25) is 5.91 Å². The molecular weight excluding hydrogens is 367 g/mol. The van der Waals surface area contributed by atoms with Crippen LogP contribution in [-0.4, -0.2) is 27.9 Å². The molecule has 0 bridgehead atoms. The number of halogens is 3. The summed E-state index contributed by atoms with van der Waals surface area (Å²) in [4.78, 5) is 27.1. The molecule has 0 saturated carbocycles. The van der Waals surface area contributed by atoms with Crippen molar-refractivity contribution in [3.63, 3.8) is 0 Å². The van der Waals surface area contributed by atoms with Crippen molar-refractivity contribution in [1.29, 1.82) is 0 Å². The van der Waals surface area contributed by atoms with Gasteiger partial charge in [0.25, 0.3) is 5.91 Å². The average molecular weight is 383 g/mol. The van der Waals surface area contributed by atoms with E-state index in [2.05, 4.69) is 4.98 Å². The highest BCUT2D eigenvalue weighted by molar-refractivity contribution is 6.06. The molecule has 7 nitrogen and oxygen atoms in total. The fourth-order valence-electron chi connectivity index (χ4n) is 1.95. The van der Waals surface area contributed by atoms with Gasteiger partial charge < -0.3 is 15.6 Å². The van der Waals surface area contributed by atoms with E-state index < -0.39 is 41.0 Å². The summed E-state index contributed by atoms with van der Waals surface area (Å²) in [5.74, 6) is -2.45. The van der Waals surface area contributed by atoms with Crippen LogP contribution in [0.15, 0.2) is 36.5 Å². The maximum atomic E-state index is 12.5. The third-order valence-electron chi connectivity index (χ3n) is 3.43. The number of aromatic nitrogens is 1. The van der Waals surface area contributed by atoms with Gasteiger partial charge >= 0.3 is 6.18 Å². The zero-order chi connectivity index (χ0) is 20.2. The monoisotopic (exact) mass is 383 g/mol. The molecule has 1 aromatic carbocycles. The quantitative estimate of drug-likeness (QED) is 0.728. The van der Waals surface area contributed by atoms with Gasteiger partial charge in [0.1, 0.15) is 6.61 Å². The van der Waals surface area contributed by atoms with Crippen molar-refractivity contribution in [3.8, 4) is 11.5 Å². The Morgan fingerprint density at radius 2 is 1.89 bits per heavy atom. The van der Waals surface area contributed by atoms with Crippen LogP contribution in [0.1, 0.15) is 28.5 Å². The molecule has 144 valence electrons. The largest absolute Gasteiger partial charge is 0.503 e. The van der Waals surface area contributed by atoms with Gasteiger partial charge in [-0.15, -0.1) is 0 Å². The van der Waals surface area contributed by atoms with Gasteiger partial charge in [0, 0.05) is 12.3 Å². The average Bonchev–Trinajstić information content (AvgIpc) is 2.60. The molecule has 1 heterocycles. The molecule has 0 saturated heterocycles. The molecule has 10 heteroatoms. The molecule has 0 radical (unpaired) electrons. The van der Waals surface area contributed by atoms with Gasteiger partial charge in [-0.3, -0.25) is 14.9 Å². The third-order valence-corrected chi connectivity index (χ3v) is 3.43. The Morgan fingerprint density at radius 3 is 2.44 bits per heavy atom. The second kappa shape index (κ2) is 8.04. The van der Waals surface area contributed by atoms with E-state index in [1.807, 2.05) is 5.32 Å². The number of rotatable bonds is 5. The molecule has 27 heavy (non-hydrogen) atoms. The third kappa shape index (κ3) is 5.17. The van der Waals surface area contributed by atoms with Crippen molar-refractivity contribution in [1.82, 2.24) is 10.3 Å². The van der Waals surface area contributed by atoms with E-state index in [0.29, 0.717) is 5.56 Å². The van der Waals surface area contributed by atoms with Gasteiger partial charge in [-0.2, -0.15) is 13.2 Å². The summed E-state index contributed by atoms with van der Waals surface area (Å²) in [5, 5.41) is 12.1. The predicted molar refractivity (Wildman–Crippen MR) is 87.8 cm³/mol. The van der Waals surface area contributed by atoms with Crippen LogP contribution in [0, 0.1) is 0 Å². The molecule has 4 N–H and O–H groups in total. The van der Waals surface area contributed by atoms with Crippen LogP contribution in [0.25, 0.3) is 0 Å². The number of amides is 2. The number of pyridine rings is 1. The Kier molecular flexibility index (Phi) is 6.01. The number of nitrogens with zero attached hydrogens (tertiary/aromatic N) is 1. The lowest BCUT2D eigenvalue weighted by molar-refractivity contribution is -0.137. The summed E-state index contributed by atoms with van der Waals surface area (Å²) >= 11 is 0. The number of aromatic hydroxyl groups is 1. The van der Waals surface area contributed by atoms with Crippen molar-refractivity contribution in [2.45, 2.75) is 25.7 Å². The fraction of sp³-hybridized carbons (Fsp3) is 0.235. The highest BCUT2D eigenvalue weighted by Crippen LogP contribution is 2.31. The molecule has 0 aliphatic rings. The predicted octanol–water partition coefficient (Wildman–Crippen LogP) is 1.99. The Labute approximate surface area is 152 Å². The van der Waals surface area contributed by atoms with E-state index in [1.54, 1.807) is 0 Å². The van der Waals surface area contributed by atoms with Gasteiger partial charge in [-0.1, -0.05) is 12.1 Å². The van der Waals surface area contributed by atoms with Gasteiger partial charge in [-0.25, -0.2) is 4.98 Å². The first kappa shape index (κ1) is 20.2. The summed E-state index contributed by atoms with van der Waals surface area (Å²) in [6, 6.07) is 4.61. The van der Waals surface area contributed by atoms with E-state index in [0.717, 1.165) is 12.1 Å².